The number of carbonyl (C=O) groups is 1. The molecular weight excluding hydrogens is 416 g/mol. The molecule has 0 unspecified atom stereocenters. The minimum Gasteiger partial charge on any atom is -0.338 e. The molecule has 0 saturated carbocycles. The van der Waals surface area contributed by atoms with E-state index < -0.39 is 0 Å². The first kappa shape index (κ1) is 20.5. The maximum absolute atomic E-state index is 12.9. The van der Waals surface area contributed by atoms with Gasteiger partial charge in [-0.1, -0.05) is 86.2 Å². The van der Waals surface area contributed by atoms with Crippen molar-refractivity contribution in [3.8, 4) is 0 Å². The average molecular weight is 443 g/mol. The van der Waals surface area contributed by atoms with Crippen LogP contribution in [0.3, 0.4) is 0 Å². The molecule has 0 fully saturated rings. The molecule has 0 atom stereocenters. The minimum atomic E-state index is 0.0102. The van der Waals surface area contributed by atoms with Gasteiger partial charge in [0, 0.05) is 16.5 Å². The Morgan fingerprint density at radius 3 is 2.12 bits per heavy atom. The third kappa shape index (κ3) is 3.24. The summed E-state index contributed by atoms with van der Waals surface area (Å²) in [5.41, 5.74) is 5.19. The SMILES string of the molecule is CCCCc1ccc(N2/C(=C3\C=CC=CC3=O)Nc3c2c2ccccc2c2ccccc32)cc1. The van der Waals surface area contributed by atoms with Crippen molar-refractivity contribution >= 4 is 44.4 Å². The van der Waals surface area contributed by atoms with Gasteiger partial charge in [-0.25, -0.2) is 0 Å². The highest BCUT2D eigenvalue weighted by molar-refractivity contribution is 6.24. The number of nitrogens with one attached hydrogen (secondary N) is 1. The predicted octanol–water partition coefficient (Wildman–Crippen LogP) is 7.81. The fraction of sp³-hybridized carbons (Fsp3) is 0.129. The largest absolute Gasteiger partial charge is 0.338 e. The predicted molar refractivity (Wildman–Crippen MR) is 143 cm³/mol. The van der Waals surface area contributed by atoms with Gasteiger partial charge in [0.2, 0.25) is 0 Å². The Hall–Kier alpha value is -4.11. The van der Waals surface area contributed by atoms with Crippen molar-refractivity contribution in [2.75, 3.05) is 10.2 Å². The van der Waals surface area contributed by atoms with Crippen LogP contribution >= 0.6 is 0 Å². The monoisotopic (exact) mass is 442 g/mol. The molecule has 34 heavy (non-hydrogen) atoms. The number of carbonyl (C=O) groups excluding carboxylic acids is 1. The highest BCUT2D eigenvalue weighted by atomic mass is 16.1. The van der Waals surface area contributed by atoms with Crippen LogP contribution in [0.2, 0.25) is 0 Å². The van der Waals surface area contributed by atoms with Gasteiger partial charge >= 0.3 is 0 Å². The first-order valence-electron chi connectivity index (χ1n) is 12.0. The summed E-state index contributed by atoms with van der Waals surface area (Å²) in [7, 11) is 0. The number of ketones is 1. The van der Waals surface area contributed by atoms with Gasteiger partial charge in [-0.15, -0.1) is 0 Å². The summed E-state index contributed by atoms with van der Waals surface area (Å²) in [5, 5.41) is 8.40. The zero-order chi connectivity index (χ0) is 23.1. The smallest absolute Gasteiger partial charge is 0.189 e. The molecule has 1 N–H and O–H groups in total. The van der Waals surface area contributed by atoms with E-state index in [9.17, 15) is 4.79 Å². The van der Waals surface area contributed by atoms with Crippen LogP contribution in [0.4, 0.5) is 17.1 Å². The van der Waals surface area contributed by atoms with Crippen LogP contribution in [-0.2, 0) is 11.2 Å². The number of anilines is 3. The number of aryl methyl sites for hydroxylation is 1. The summed E-state index contributed by atoms with van der Waals surface area (Å²) < 4.78 is 0. The van der Waals surface area contributed by atoms with Gasteiger partial charge in [-0.05, 0) is 53.5 Å². The van der Waals surface area contributed by atoms with Gasteiger partial charge in [0.05, 0.1) is 16.9 Å². The second-order valence-corrected chi connectivity index (χ2v) is 8.89. The van der Waals surface area contributed by atoms with Crippen LogP contribution < -0.4 is 10.2 Å². The number of fused-ring (bicyclic) bond motifs is 6. The summed E-state index contributed by atoms with van der Waals surface area (Å²) in [6, 6.07) is 25.8. The van der Waals surface area contributed by atoms with Crippen LogP contribution in [0.15, 0.2) is 108 Å². The number of nitrogens with zero attached hydrogens (tertiary/aromatic N) is 1. The molecular formula is C31H26N2O. The fourth-order valence-electron chi connectivity index (χ4n) is 5.07. The second-order valence-electron chi connectivity index (χ2n) is 8.89. The molecule has 0 bridgehead atoms. The standard InChI is InChI=1S/C31H26N2O/c1-2-3-10-21-17-19-22(20-18-21)33-30-26-14-7-5-12-24(26)23-11-4-6-13-25(23)29(30)32-31(33)27-15-8-9-16-28(27)34/h4-9,11-20,32H,2-3,10H2,1H3/b31-27+. The van der Waals surface area contributed by atoms with Crippen LogP contribution in [0.1, 0.15) is 25.3 Å². The summed E-state index contributed by atoms with van der Waals surface area (Å²) in [4.78, 5) is 15.2. The molecule has 166 valence electrons. The molecule has 1 heterocycles. The Labute approximate surface area is 199 Å². The number of unbranched alkanes of at least 4 members (excludes halogenated alkanes) is 1. The summed E-state index contributed by atoms with van der Waals surface area (Å²) in [6.45, 7) is 2.22. The lowest BCUT2D eigenvalue weighted by Crippen LogP contribution is -2.20. The molecule has 0 radical (unpaired) electrons. The van der Waals surface area contributed by atoms with E-state index >= 15 is 0 Å². The van der Waals surface area contributed by atoms with Gasteiger partial charge < -0.3 is 5.32 Å². The number of hydrogen-bond acceptors (Lipinski definition) is 3. The zero-order valence-electron chi connectivity index (χ0n) is 19.2. The summed E-state index contributed by atoms with van der Waals surface area (Å²) >= 11 is 0. The number of allylic oxidation sites excluding steroid dienone is 5. The van der Waals surface area contributed by atoms with Crippen LogP contribution in [0.5, 0.6) is 0 Å². The van der Waals surface area contributed by atoms with E-state index in [0.717, 1.165) is 40.1 Å². The van der Waals surface area contributed by atoms with Crippen molar-refractivity contribution in [1.82, 2.24) is 0 Å². The van der Waals surface area contributed by atoms with Gasteiger partial charge in [-0.3, -0.25) is 9.69 Å². The number of rotatable bonds is 4. The lowest BCUT2D eigenvalue weighted by Gasteiger charge is -2.24. The molecule has 3 nitrogen and oxygen atoms in total. The number of benzene rings is 4. The molecule has 2 aliphatic rings. The Kier molecular flexibility index (Phi) is 5.03. The third-order valence-corrected chi connectivity index (χ3v) is 6.75. The second kappa shape index (κ2) is 8.35. The van der Waals surface area contributed by atoms with Crippen molar-refractivity contribution in [3.63, 3.8) is 0 Å². The maximum atomic E-state index is 12.9. The average Bonchev–Trinajstić information content (AvgIpc) is 3.29. The number of hydrogen-bond donors (Lipinski definition) is 1. The third-order valence-electron chi connectivity index (χ3n) is 6.75. The van der Waals surface area contributed by atoms with Gasteiger partial charge in [0.1, 0.15) is 5.82 Å². The van der Waals surface area contributed by atoms with Crippen LogP contribution in [0, 0.1) is 0 Å². The summed E-state index contributed by atoms with van der Waals surface area (Å²) in [6.07, 6.45) is 10.7. The van der Waals surface area contributed by atoms with E-state index in [4.69, 9.17) is 0 Å². The van der Waals surface area contributed by atoms with E-state index in [-0.39, 0.29) is 5.78 Å². The molecule has 4 aromatic rings. The van der Waals surface area contributed by atoms with Crippen molar-refractivity contribution < 1.29 is 4.79 Å². The highest BCUT2D eigenvalue weighted by Gasteiger charge is 2.33. The van der Waals surface area contributed by atoms with Crippen molar-refractivity contribution in [1.29, 1.82) is 0 Å². The lowest BCUT2D eigenvalue weighted by atomic mass is 9.98. The van der Waals surface area contributed by atoms with Crippen molar-refractivity contribution in [3.05, 3.63) is 114 Å². The lowest BCUT2D eigenvalue weighted by molar-refractivity contribution is -0.111. The molecule has 0 aromatic heterocycles. The maximum Gasteiger partial charge on any atom is 0.189 e. The van der Waals surface area contributed by atoms with E-state index in [1.165, 1.54) is 29.2 Å². The normalized spacial score (nSPS) is 17.0. The molecule has 3 heteroatoms. The topological polar surface area (TPSA) is 32.3 Å². The molecule has 6 rings (SSSR count). The van der Waals surface area contributed by atoms with E-state index in [1.54, 1.807) is 12.2 Å². The Morgan fingerprint density at radius 2 is 1.41 bits per heavy atom. The van der Waals surface area contributed by atoms with E-state index in [1.807, 2.05) is 12.2 Å². The fourth-order valence-corrected chi connectivity index (χ4v) is 5.07. The van der Waals surface area contributed by atoms with E-state index in [0.29, 0.717) is 5.57 Å². The molecule has 0 amide bonds. The van der Waals surface area contributed by atoms with Crippen LogP contribution in [-0.4, -0.2) is 5.78 Å². The first-order chi connectivity index (χ1) is 16.8. The van der Waals surface area contributed by atoms with Gasteiger partial charge in [0.25, 0.3) is 0 Å². The van der Waals surface area contributed by atoms with Gasteiger partial charge in [0.15, 0.2) is 5.78 Å². The van der Waals surface area contributed by atoms with Crippen LogP contribution in [0.25, 0.3) is 21.5 Å². The van der Waals surface area contributed by atoms with Crippen molar-refractivity contribution in [2.24, 2.45) is 0 Å². The zero-order valence-corrected chi connectivity index (χ0v) is 19.2. The Balaban J connectivity index is 1.64. The van der Waals surface area contributed by atoms with E-state index in [2.05, 4.69) is 89.9 Å². The first-order valence-corrected chi connectivity index (χ1v) is 12.0. The molecule has 0 saturated heterocycles. The Morgan fingerprint density at radius 1 is 0.765 bits per heavy atom. The molecule has 0 spiro atoms. The molecule has 1 aliphatic carbocycles. The Bertz CT molecular complexity index is 1520. The summed E-state index contributed by atoms with van der Waals surface area (Å²) in [5.74, 6) is 0.819. The molecule has 4 aromatic carbocycles. The minimum absolute atomic E-state index is 0.0102. The highest BCUT2D eigenvalue weighted by Crippen LogP contribution is 2.51. The molecule has 1 aliphatic heterocycles. The van der Waals surface area contributed by atoms with Crippen molar-refractivity contribution in [2.45, 2.75) is 26.2 Å². The van der Waals surface area contributed by atoms with Gasteiger partial charge in [-0.2, -0.15) is 0 Å². The quantitative estimate of drug-likeness (QED) is 0.258.